The summed E-state index contributed by atoms with van der Waals surface area (Å²) in [6, 6.07) is 7.23. The van der Waals surface area contributed by atoms with Gasteiger partial charge in [-0.25, -0.2) is 9.97 Å². The normalized spacial score (nSPS) is 14.4. The van der Waals surface area contributed by atoms with Crippen molar-refractivity contribution in [3.8, 4) is 0 Å². The van der Waals surface area contributed by atoms with E-state index in [9.17, 15) is 14.9 Å². The Morgan fingerprint density at radius 2 is 1.85 bits per heavy atom. The maximum atomic E-state index is 12.3. The number of carbonyl (C=O) groups excluding carboxylic acids is 1. The zero-order chi connectivity index (χ0) is 19.2. The molecule has 27 heavy (non-hydrogen) atoms. The predicted octanol–water partition coefficient (Wildman–Crippen LogP) is 3.19. The lowest BCUT2D eigenvalue weighted by molar-refractivity contribution is -0.383. The lowest BCUT2D eigenvalue weighted by atomic mass is 9.95. The minimum atomic E-state index is -0.548. The molecule has 0 atom stereocenters. The topological polar surface area (TPSA) is 122 Å². The molecule has 1 fully saturated rings. The Balaban J connectivity index is 1.76. The molecule has 0 aliphatic heterocycles. The van der Waals surface area contributed by atoms with Gasteiger partial charge in [-0.3, -0.25) is 25.8 Å². The van der Waals surface area contributed by atoms with Gasteiger partial charge in [0.15, 0.2) is 0 Å². The molecule has 1 aromatic carbocycles. The molecule has 0 saturated heterocycles. The number of aryl methyl sites for hydroxylation is 1. The Bertz CT molecular complexity index is 836. The zero-order valence-corrected chi connectivity index (χ0v) is 15.1. The van der Waals surface area contributed by atoms with E-state index in [1.165, 1.54) is 12.7 Å². The number of aromatic nitrogens is 2. The first kappa shape index (κ1) is 18.6. The van der Waals surface area contributed by atoms with E-state index in [0.717, 1.165) is 31.2 Å². The molecule has 1 saturated carbocycles. The van der Waals surface area contributed by atoms with Gasteiger partial charge in [0.1, 0.15) is 6.33 Å². The molecule has 0 radical (unpaired) electrons. The van der Waals surface area contributed by atoms with Crippen molar-refractivity contribution in [3.63, 3.8) is 0 Å². The van der Waals surface area contributed by atoms with E-state index >= 15 is 0 Å². The SMILES string of the molecule is Cc1ccccc1C(=O)NNc1ncnc(NC2CCCCC2)c1[N+](=O)[O-]. The summed E-state index contributed by atoms with van der Waals surface area (Å²) in [6.07, 6.45) is 6.51. The Morgan fingerprint density at radius 3 is 2.56 bits per heavy atom. The molecule has 9 heteroatoms. The quantitative estimate of drug-likeness (QED) is 0.527. The van der Waals surface area contributed by atoms with Gasteiger partial charge in [0.2, 0.25) is 11.6 Å². The van der Waals surface area contributed by atoms with Crippen LogP contribution < -0.4 is 16.2 Å². The van der Waals surface area contributed by atoms with Gasteiger partial charge in [-0.1, -0.05) is 37.5 Å². The summed E-state index contributed by atoms with van der Waals surface area (Å²) in [6.45, 7) is 1.81. The van der Waals surface area contributed by atoms with Gasteiger partial charge in [-0.05, 0) is 31.4 Å². The average Bonchev–Trinajstić information content (AvgIpc) is 2.67. The van der Waals surface area contributed by atoms with Crippen LogP contribution >= 0.6 is 0 Å². The van der Waals surface area contributed by atoms with E-state index in [2.05, 4.69) is 26.1 Å². The largest absolute Gasteiger partial charge is 0.361 e. The van der Waals surface area contributed by atoms with E-state index in [-0.39, 0.29) is 23.4 Å². The van der Waals surface area contributed by atoms with Gasteiger partial charge in [0.05, 0.1) is 4.92 Å². The fraction of sp³-hybridized carbons (Fsp3) is 0.389. The highest BCUT2D eigenvalue weighted by atomic mass is 16.6. The van der Waals surface area contributed by atoms with Crippen LogP contribution in [0.2, 0.25) is 0 Å². The molecule has 0 unspecified atom stereocenters. The average molecular weight is 370 g/mol. The van der Waals surface area contributed by atoms with Crippen molar-refractivity contribution >= 4 is 23.2 Å². The number of amides is 1. The van der Waals surface area contributed by atoms with Gasteiger partial charge in [0.25, 0.3) is 5.91 Å². The molecule has 9 nitrogen and oxygen atoms in total. The molecule has 1 aromatic heterocycles. The number of hydrogen-bond acceptors (Lipinski definition) is 7. The van der Waals surface area contributed by atoms with Crippen molar-refractivity contribution in [2.75, 3.05) is 10.7 Å². The summed E-state index contributed by atoms with van der Waals surface area (Å²) in [5, 5.41) is 14.7. The first-order chi connectivity index (χ1) is 13.1. The van der Waals surface area contributed by atoms with E-state index < -0.39 is 10.8 Å². The third kappa shape index (κ3) is 4.49. The molecule has 142 valence electrons. The van der Waals surface area contributed by atoms with E-state index in [4.69, 9.17) is 0 Å². The van der Waals surface area contributed by atoms with Crippen LogP contribution in [0.4, 0.5) is 17.3 Å². The van der Waals surface area contributed by atoms with Crippen LogP contribution in [0.3, 0.4) is 0 Å². The second-order valence-electron chi connectivity index (χ2n) is 6.55. The molecule has 3 rings (SSSR count). The highest BCUT2D eigenvalue weighted by molar-refractivity contribution is 5.96. The monoisotopic (exact) mass is 370 g/mol. The van der Waals surface area contributed by atoms with Gasteiger partial charge in [-0.2, -0.15) is 0 Å². The second kappa shape index (κ2) is 8.43. The van der Waals surface area contributed by atoms with Crippen molar-refractivity contribution in [3.05, 3.63) is 51.8 Å². The van der Waals surface area contributed by atoms with Gasteiger partial charge >= 0.3 is 5.69 Å². The van der Waals surface area contributed by atoms with Gasteiger partial charge in [0, 0.05) is 11.6 Å². The van der Waals surface area contributed by atoms with E-state index in [1.54, 1.807) is 12.1 Å². The second-order valence-corrected chi connectivity index (χ2v) is 6.55. The third-order valence-corrected chi connectivity index (χ3v) is 4.63. The summed E-state index contributed by atoms with van der Waals surface area (Å²) in [5.41, 5.74) is 6.03. The number of rotatable bonds is 6. The van der Waals surface area contributed by atoms with Crippen LogP contribution in [-0.4, -0.2) is 26.8 Å². The van der Waals surface area contributed by atoms with Crippen molar-refractivity contribution in [1.29, 1.82) is 0 Å². The maximum absolute atomic E-state index is 12.3. The Hall–Kier alpha value is -3.23. The predicted molar refractivity (Wildman–Crippen MR) is 101 cm³/mol. The number of nitrogens with zero attached hydrogens (tertiary/aromatic N) is 3. The first-order valence-corrected chi connectivity index (χ1v) is 8.94. The lowest BCUT2D eigenvalue weighted by Gasteiger charge is -2.23. The molecule has 1 amide bonds. The standard InChI is InChI=1S/C18H22N6O3/c1-12-7-5-6-10-14(12)18(25)23-22-17-15(24(26)27)16(19-11-20-17)21-13-8-3-2-4-9-13/h5-7,10-11,13H,2-4,8-9H2,1H3,(H,23,25)(H2,19,20,21,22). The van der Waals surface area contributed by atoms with Crippen molar-refractivity contribution < 1.29 is 9.72 Å². The van der Waals surface area contributed by atoms with Crippen LogP contribution in [0.5, 0.6) is 0 Å². The number of anilines is 2. The summed E-state index contributed by atoms with van der Waals surface area (Å²) >= 11 is 0. The van der Waals surface area contributed by atoms with E-state index in [0.29, 0.717) is 5.56 Å². The maximum Gasteiger partial charge on any atom is 0.354 e. The third-order valence-electron chi connectivity index (χ3n) is 4.63. The van der Waals surface area contributed by atoms with Crippen LogP contribution in [0.1, 0.15) is 48.0 Å². The molecule has 2 aromatic rings. The highest BCUT2D eigenvalue weighted by Gasteiger charge is 2.26. The molecule has 0 bridgehead atoms. The minimum Gasteiger partial charge on any atom is -0.361 e. The van der Waals surface area contributed by atoms with Crippen molar-refractivity contribution in [2.24, 2.45) is 0 Å². The van der Waals surface area contributed by atoms with Gasteiger partial charge < -0.3 is 5.32 Å². The molecule has 3 N–H and O–H groups in total. The fourth-order valence-corrected chi connectivity index (χ4v) is 3.20. The zero-order valence-electron chi connectivity index (χ0n) is 15.1. The Kier molecular flexibility index (Phi) is 5.80. The van der Waals surface area contributed by atoms with Crippen molar-refractivity contribution in [2.45, 2.75) is 45.1 Å². The van der Waals surface area contributed by atoms with Crippen molar-refractivity contribution in [1.82, 2.24) is 15.4 Å². The number of nitro groups is 1. The molecule has 1 aliphatic carbocycles. The summed E-state index contributed by atoms with van der Waals surface area (Å²) < 4.78 is 0. The number of nitrogens with one attached hydrogen (secondary N) is 3. The Morgan fingerprint density at radius 1 is 1.15 bits per heavy atom. The Labute approximate surface area is 156 Å². The molecular weight excluding hydrogens is 348 g/mol. The molecule has 0 spiro atoms. The molecule has 1 heterocycles. The minimum absolute atomic E-state index is 0.0600. The highest BCUT2D eigenvalue weighted by Crippen LogP contribution is 2.31. The summed E-state index contributed by atoms with van der Waals surface area (Å²) in [5.74, 6) is -0.299. The fourth-order valence-electron chi connectivity index (χ4n) is 3.20. The number of benzene rings is 1. The smallest absolute Gasteiger partial charge is 0.354 e. The van der Waals surface area contributed by atoms with E-state index in [1.807, 2.05) is 19.1 Å². The number of hydrogen-bond donors (Lipinski definition) is 3. The molecular formula is C18H22N6O3. The van der Waals surface area contributed by atoms with Crippen LogP contribution in [0.15, 0.2) is 30.6 Å². The summed E-state index contributed by atoms with van der Waals surface area (Å²) in [7, 11) is 0. The lowest BCUT2D eigenvalue weighted by Crippen LogP contribution is -2.31. The molecule has 1 aliphatic rings. The van der Waals surface area contributed by atoms with Crippen LogP contribution in [0.25, 0.3) is 0 Å². The first-order valence-electron chi connectivity index (χ1n) is 8.94. The number of carbonyl (C=O) groups is 1. The number of hydrazine groups is 1. The summed E-state index contributed by atoms with van der Waals surface area (Å²) in [4.78, 5) is 31.3. The van der Waals surface area contributed by atoms with Crippen LogP contribution in [-0.2, 0) is 0 Å². The van der Waals surface area contributed by atoms with Crippen LogP contribution in [0, 0.1) is 17.0 Å². The van der Waals surface area contributed by atoms with Gasteiger partial charge in [-0.15, -0.1) is 0 Å².